The Kier molecular flexibility index (Phi) is 5.00. The highest BCUT2D eigenvalue weighted by molar-refractivity contribution is 5.94. The zero-order valence-electron chi connectivity index (χ0n) is 11.3. The largest absolute Gasteiger partial charge is 0.349 e. The molecule has 1 aromatic carbocycles. The number of nitrogens with one attached hydrogen (secondary N) is 2. The summed E-state index contributed by atoms with van der Waals surface area (Å²) in [6, 6.07) is 5.22. The van der Waals surface area contributed by atoms with Crippen LogP contribution < -0.4 is 10.6 Å². The maximum atomic E-state index is 14.1. The molecule has 3 nitrogen and oxygen atoms in total. The first-order chi connectivity index (χ1) is 9.24. The molecule has 1 saturated carbocycles. The molecule has 2 fully saturated rings. The quantitative estimate of drug-likeness (QED) is 0.900. The van der Waals surface area contributed by atoms with Crippen LogP contribution in [0.15, 0.2) is 18.2 Å². The van der Waals surface area contributed by atoms with E-state index in [-0.39, 0.29) is 30.0 Å². The van der Waals surface area contributed by atoms with Crippen LogP contribution in [-0.2, 0) is 0 Å². The topological polar surface area (TPSA) is 41.1 Å². The van der Waals surface area contributed by atoms with Crippen LogP contribution in [0.2, 0.25) is 0 Å². The molecule has 2 aliphatic rings. The normalized spacial score (nSPS) is 19.2. The molecule has 1 aliphatic carbocycles. The minimum Gasteiger partial charge on any atom is -0.349 e. The number of amides is 1. The number of hydrogen-bond acceptors (Lipinski definition) is 2. The van der Waals surface area contributed by atoms with Gasteiger partial charge >= 0.3 is 0 Å². The van der Waals surface area contributed by atoms with Gasteiger partial charge in [0.15, 0.2) is 0 Å². The van der Waals surface area contributed by atoms with Gasteiger partial charge in [0, 0.05) is 11.6 Å². The molecule has 2 N–H and O–H groups in total. The molecule has 1 aromatic rings. The fourth-order valence-corrected chi connectivity index (χ4v) is 2.63. The molecule has 0 spiro atoms. The van der Waals surface area contributed by atoms with E-state index in [0.717, 1.165) is 44.3 Å². The van der Waals surface area contributed by atoms with E-state index in [1.807, 2.05) is 0 Å². The minimum atomic E-state index is -0.240. The Bertz CT molecular complexity index is 485. The van der Waals surface area contributed by atoms with E-state index in [0.29, 0.717) is 11.6 Å². The third-order valence-electron chi connectivity index (χ3n) is 3.95. The van der Waals surface area contributed by atoms with Crippen molar-refractivity contribution >= 4 is 18.3 Å². The summed E-state index contributed by atoms with van der Waals surface area (Å²) in [7, 11) is 0. The fourth-order valence-electron chi connectivity index (χ4n) is 2.63. The van der Waals surface area contributed by atoms with Crippen molar-refractivity contribution in [1.82, 2.24) is 10.6 Å². The zero-order chi connectivity index (χ0) is 13.2. The third kappa shape index (κ3) is 3.49. The van der Waals surface area contributed by atoms with E-state index in [1.54, 1.807) is 12.1 Å². The Labute approximate surface area is 124 Å². The maximum absolute atomic E-state index is 14.1. The van der Waals surface area contributed by atoms with E-state index >= 15 is 0 Å². The van der Waals surface area contributed by atoms with Crippen molar-refractivity contribution in [2.45, 2.75) is 37.6 Å². The van der Waals surface area contributed by atoms with E-state index in [2.05, 4.69) is 10.6 Å². The van der Waals surface area contributed by atoms with Crippen molar-refractivity contribution in [3.8, 4) is 0 Å². The minimum absolute atomic E-state index is 0. The Hall–Kier alpha value is -1.13. The Morgan fingerprint density at radius 1 is 1.20 bits per heavy atom. The summed E-state index contributed by atoms with van der Waals surface area (Å²) < 4.78 is 14.1. The van der Waals surface area contributed by atoms with Crippen molar-refractivity contribution in [2.24, 2.45) is 0 Å². The van der Waals surface area contributed by atoms with Gasteiger partial charge in [-0.2, -0.15) is 0 Å². The van der Waals surface area contributed by atoms with E-state index < -0.39 is 0 Å². The van der Waals surface area contributed by atoms with Crippen LogP contribution in [0.3, 0.4) is 0 Å². The lowest BCUT2D eigenvalue weighted by atomic mass is 9.89. The Morgan fingerprint density at radius 2 is 1.90 bits per heavy atom. The summed E-state index contributed by atoms with van der Waals surface area (Å²) in [5, 5.41) is 6.16. The molecule has 0 bridgehead atoms. The molecule has 0 unspecified atom stereocenters. The highest BCUT2D eigenvalue weighted by atomic mass is 35.5. The third-order valence-corrected chi connectivity index (χ3v) is 3.95. The summed E-state index contributed by atoms with van der Waals surface area (Å²) in [5.41, 5.74) is 1.19. The van der Waals surface area contributed by atoms with E-state index in [1.165, 1.54) is 6.07 Å². The molecule has 1 heterocycles. The number of benzene rings is 1. The first-order valence-corrected chi connectivity index (χ1v) is 7.05. The lowest BCUT2D eigenvalue weighted by Gasteiger charge is -2.23. The maximum Gasteiger partial charge on any atom is 0.251 e. The molecule has 1 saturated heterocycles. The van der Waals surface area contributed by atoms with Crippen LogP contribution >= 0.6 is 12.4 Å². The number of hydrogen-bond donors (Lipinski definition) is 2. The van der Waals surface area contributed by atoms with Crippen molar-refractivity contribution in [3.05, 3.63) is 35.1 Å². The summed E-state index contributed by atoms with van der Waals surface area (Å²) in [4.78, 5) is 11.8. The van der Waals surface area contributed by atoms with Crippen LogP contribution in [0.1, 0.15) is 47.5 Å². The van der Waals surface area contributed by atoms with Gasteiger partial charge in [-0.05, 0) is 62.4 Å². The lowest BCUT2D eigenvalue weighted by Crippen LogP contribution is -2.27. The number of rotatable bonds is 3. The molecule has 1 aliphatic heterocycles. The summed E-state index contributed by atoms with van der Waals surface area (Å²) in [5.74, 6) is -0.115. The highest BCUT2D eigenvalue weighted by Gasteiger charge is 2.25. The van der Waals surface area contributed by atoms with Crippen LogP contribution in [0, 0.1) is 5.82 Å². The summed E-state index contributed by atoms with van der Waals surface area (Å²) >= 11 is 0. The number of carbonyl (C=O) groups excluding carboxylic acids is 1. The fraction of sp³-hybridized carbons (Fsp3) is 0.533. The molecular weight excluding hydrogens is 279 g/mol. The second-order valence-corrected chi connectivity index (χ2v) is 5.51. The Morgan fingerprint density at radius 3 is 2.50 bits per heavy atom. The molecule has 20 heavy (non-hydrogen) atoms. The molecule has 0 aromatic heterocycles. The van der Waals surface area contributed by atoms with Gasteiger partial charge in [0.2, 0.25) is 0 Å². The lowest BCUT2D eigenvalue weighted by molar-refractivity contribution is 0.0950. The molecular formula is C15H20ClFN2O. The molecule has 5 heteroatoms. The van der Waals surface area contributed by atoms with Crippen molar-refractivity contribution in [1.29, 1.82) is 0 Å². The smallest absolute Gasteiger partial charge is 0.251 e. The zero-order valence-corrected chi connectivity index (χ0v) is 12.1. The van der Waals surface area contributed by atoms with Gasteiger partial charge in [0.05, 0.1) is 0 Å². The first-order valence-electron chi connectivity index (χ1n) is 7.05. The van der Waals surface area contributed by atoms with Gasteiger partial charge in [-0.15, -0.1) is 12.4 Å². The monoisotopic (exact) mass is 298 g/mol. The van der Waals surface area contributed by atoms with Crippen LogP contribution in [0.25, 0.3) is 0 Å². The molecule has 110 valence electrons. The van der Waals surface area contributed by atoms with Gasteiger partial charge in [-0.1, -0.05) is 6.07 Å². The van der Waals surface area contributed by atoms with Crippen LogP contribution in [0.5, 0.6) is 0 Å². The predicted octanol–water partition coefficient (Wildman–Crippen LogP) is 2.61. The average Bonchev–Trinajstić information content (AvgIpc) is 3.23. The van der Waals surface area contributed by atoms with Crippen molar-refractivity contribution in [3.63, 3.8) is 0 Å². The van der Waals surface area contributed by atoms with Crippen molar-refractivity contribution < 1.29 is 9.18 Å². The van der Waals surface area contributed by atoms with Gasteiger partial charge < -0.3 is 10.6 Å². The first kappa shape index (κ1) is 15.3. The molecule has 1 amide bonds. The van der Waals surface area contributed by atoms with Gasteiger partial charge in [0.25, 0.3) is 5.91 Å². The van der Waals surface area contributed by atoms with E-state index in [4.69, 9.17) is 0 Å². The number of piperidine rings is 1. The van der Waals surface area contributed by atoms with Crippen LogP contribution in [0.4, 0.5) is 4.39 Å². The standard InChI is InChI=1S/C15H19FN2O.ClH/c16-14-9-11(15(19)18-12-2-3-12)1-4-13(14)10-5-7-17-8-6-10;/h1,4,9-10,12,17H,2-3,5-8H2,(H,18,19);1H. The second-order valence-electron chi connectivity index (χ2n) is 5.51. The average molecular weight is 299 g/mol. The highest BCUT2D eigenvalue weighted by Crippen LogP contribution is 2.28. The Balaban J connectivity index is 0.00000147. The SMILES string of the molecule is Cl.O=C(NC1CC1)c1ccc(C2CCNCC2)c(F)c1. The molecule has 3 rings (SSSR count). The summed E-state index contributed by atoms with van der Waals surface area (Å²) in [6.45, 7) is 1.88. The van der Waals surface area contributed by atoms with Gasteiger partial charge in [-0.3, -0.25) is 4.79 Å². The molecule has 0 atom stereocenters. The number of carbonyl (C=O) groups is 1. The summed E-state index contributed by atoms with van der Waals surface area (Å²) in [6.07, 6.45) is 4.01. The predicted molar refractivity (Wildman–Crippen MR) is 79.0 cm³/mol. The second kappa shape index (κ2) is 6.55. The molecule has 0 radical (unpaired) electrons. The van der Waals surface area contributed by atoms with Crippen LogP contribution in [-0.4, -0.2) is 25.0 Å². The van der Waals surface area contributed by atoms with E-state index in [9.17, 15) is 9.18 Å². The van der Waals surface area contributed by atoms with Gasteiger partial charge in [-0.25, -0.2) is 4.39 Å². The van der Waals surface area contributed by atoms with Crippen molar-refractivity contribution in [2.75, 3.05) is 13.1 Å². The van der Waals surface area contributed by atoms with Gasteiger partial charge in [0.1, 0.15) is 5.82 Å². The number of halogens is 2.